The van der Waals surface area contributed by atoms with Gasteiger partial charge in [0.25, 0.3) is 0 Å². The molecular formula is C13H17N3OS. The Morgan fingerprint density at radius 1 is 1.50 bits per heavy atom. The number of hydrogen-bond donors (Lipinski definition) is 2. The number of anilines is 1. The summed E-state index contributed by atoms with van der Waals surface area (Å²) in [5, 5.41) is 11.4. The quantitative estimate of drug-likeness (QED) is 0.822. The monoisotopic (exact) mass is 263 g/mol. The van der Waals surface area contributed by atoms with E-state index in [4.69, 9.17) is 11.0 Å². The average molecular weight is 263 g/mol. The van der Waals surface area contributed by atoms with Crippen LogP contribution in [0.4, 0.5) is 5.69 Å². The number of nitrogens with two attached hydrogens (primary N) is 1. The fraction of sp³-hybridized carbons (Fsp3) is 0.385. The molecule has 0 fully saturated rings. The molecule has 0 aliphatic carbocycles. The molecular weight excluding hydrogens is 246 g/mol. The first kappa shape index (κ1) is 14.6. The van der Waals surface area contributed by atoms with Gasteiger partial charge in [0.2, 0.25) is 5.91 Å². The van der Waals surface area contributed by atoms with Crippen LogP contribution in [0.25, 0.3) is 0 Å². The van der Waals surface area contributed by atoms with Crippen molar-refractivity contribution in [2.75, 3.05) is 16.8 Å². The molecule has 96 valence electrons. The van der Waals surface area contributed by atoms with E-state index in [0.717, 1.165) is 12.2 Å². The van der Waals surface area contributed by atoms with E-state index in [0.29, 0.717) is 17.0 Å². The molecule has 0 bridgehead atoms. The number of carbonyl (C=O) groups is 1. The highest BCUT2D eigenvalue weighted by Crippen LogP contribution is 2.10. The summed E-state index contributed by atoms with van der Waals surface area (Å²) in [4.78, 5) is 11.6. The van der Waals surface area contributed by atoms with E-state index in [1.54, 1.807) is 24.3 Å². The number of thioether (sulfide) groups is 1. The standard InChI is InChI=1S/C13H17N3OS/c1-2-11(15)8-18-9-13(17)16-12-5-3-10(7-14)4-6-12/h3-6,11H,2,8-9,15H2,1H3,(H,16,17). The molecule has 0 spiro atoms. The molecule has 1 amide bonds. The summed E-state index contributed by atoms with van der Waals surface area (Å²) in [5.74, 6) is 1.14. The van der Waals surface area contributed by atoms with Crippen molar-refractivity contribution in [3.63, 3.8) is 0 Å². The third-order valence-corrected chi connectivity index (χ3v) is 3.52. The molecule has 3 N–H and O–H groups in total. The van der Waals surface area contributed by atoms with E-state index in [9.17, 15) is 4.79 Å². The van der Waals surface area contributed by atoms with Gasteiger partial charge in [0.15, 0.2) is 0 Å². The Labute approximate surface area is 112 Å². The predicted octanol–water partition coefficient (Wildman–Crippen LogP) is 1.97. The van der Waals surface area contributed by atoms with Crippen LogP contribution in [0, 0.1) is 11.3 Å². The van der Waals surface area contributed by atoms with E-state index in [1.807, 2.05) is 13.0 Å². The van der Waals surface area contributed by atoms with Gasteiger partial charge in [-0.2, -0.15) is 17.0 Å². The molecule has 0 aliphatic rings. The normalized spacial score (nSPS) is 11.6. The van der Waals surface area contributed by atoms with Crippen molar-refractivity contribution in [1.29, 1.82) is 5.26 Å². The number of nitriles is 1. The van der Waals surface area contributed by atoms with Gasteiger partial charge in [-0.1, -0.05) is 6.92 Å². The summed E-state index contributed by atoms with van der Waals surface area (Å²) >= 11 is 1.53. The number of rotatable bonds is 6. The smallest absolute Gasteiger partial charge is 0.234 e. The lowest BCUT2D eigenvalue weighted by Gasteiger charge is -2.08. The molecule has 18 heavy (non-hydrogen) atoms. The summed E-state index contributed by atoms with van der Waals surface area (Å²) in [6.07, 6.45) is 0.921. The molecule has 1 aromatic rings. The molecule has 5 heteroatoms. The molecule has 0 saturated heterocycles. The number of benzene rings is 1. The summed E-state index contributed by atoms with van der Waals surface area (Å²) < 4.78 is 0. The van der Waals surface area contributed by atoms with Gasteiger partial charge in [0, 0.05) is 17.5 Å². The minimum absolute atomic E-state index is 0.0481. The van der Waals surface area contributed by atoms with Gasteiger partial charge in [0.05, 0.1) is 17.4 Å². The molecule has 0 heterocycles. The lowest BCUT2D eigenvalue weighted by molar-refractivity contribution is -0.113. The minimum Gasteiger partial charge on any atom is -0.327 e. The van der Waals surface area contributed by atoms with Crippen molar-refractivity contribution in [1.82, 2.24) is 0 Å². The van der Waals surface area contributed by atoms with Crippen LogP contribution in [0.2, 0.25) is 0 Å². The van der Waals surface area contributed by atoms with Crippen LogP contribution in [0.1, 0.15) is 18.9 Å². The predicted molar refractivity (Wildman–Crippen MR) is 75.4 cm³/mol. The Morgan fingerprint density at radius 3 is 2.72 bits per heavy atom. The maximum absolute atomic E-state index is 11.6. The molecule has 0 radical (unpaired) electrons. The second-order valence-corrected chi connectivity index (χ2v) is 4.95. The third kappa shape index (κ3) is 5.21. The highest BCUT2D eigenvalue weighted by atomic mass is 32.2. The average Bonchev–Trinajstić information content (AvgIpc) is 2.39. The van der Waals surface area contributed by atoms with Crippen LogP contribution in [0.3, 0.4) is 0 Å². The fourth-order valence-electron chi connectivity index (χ4n) is 1.25. The topological polar surface area (TPSA) is 78.9 Å². The van der Waals surface area contributed by atoms with Crippen molar-refractivity contribution >= 4 is 23.4 Å². The van der Waals surface area contributed by atoms with Crippen LogP contribution in [0.5, 0.6) is 0 Å². The van der Waals surface area contributed by atoms with Crippen molar-refractivity contribution < 1.29 is 4.79 Å². The molecule has 1 atom stereocenters. The van der Waals surface area contributed by atoms with Gasteiger partial charge >= 0.3 is 0 Å². The fourth-order valence-corrected chi connectivity index (χ4v) is 2.16. The summed E-state index contributed by atoms with van der Waals surface area (Å²) in [7, 11) is 0. The van der Waals surface area contributed by atoms with Gasteiger partial charge in [-0.3, -0.25) is 4.79 Å². The molecule has 0 aromatic heterocycles. The Morgan fingerprint density at radius 2 is 2.17 bits per heavy atom. The maximum Gasteiger partial charge on any atom is 0.234 e. The highest BCUT2D eigenvalue weighted by molar-refractivity contribution is 8.00. The van der Waals surface area contributed by atoms with Gasteiger partial charge in [0.1, 0.15) is 0 Å². The SMILES string of the molecule is CCC(N)CSCC(=O)Nc1ccc(C#N)cc1. The van der Waals surface area contributed by atoms with Crippen LogP contribution < -0.4 is 11.1 Å². The second kappa shape index (κ2) is 7.75. The number of carbonyl (C=O) groups excluding carboxylic acids is 1. The second-order valence-electron chi connectivity index (χ2n) is 3.92. The zero-order valence-electron chi connectivity index (χ0n) is 10.3. The molecule has 4 nitrogen and oxygen atoms in total. The summed E-state index contributed by atoms with van der Waals surface area (Å²) in [5.41, 5.74) is 7.05. The molecule has 1 aromatic carbocycles. The number of nitrogens with one attached hydrogen (secondary N) is 1. The van der Waals surface area contributed by atoms with E-state index in [2.05, 4.69) is 5.32 Å². The molecule has 0 aliphatic heterocycles. The highest BCUT2D eigenvalue weighted by Gasteiger charge is 2.05. The van der Waals surface area contributed by atoms with Crippen LogP contribution in [-0.2, 0) is 4.79 Å². The van der Waals surface area contributed by atoms with Crippen molar-refractivity contribution in [3.05, 3.63) is 29.8 Å². The maximum atomic E-state index is 11.6. The molecule has 0 saturated carbocycles. The number of hydrogen-bond acceptors (Lipinski definition) is 4. The van der Waals surface area contributed by atoms with Crippen molar-refractivity contribution in [3.8, 4) is 6.07 Å². The summed E-state index contributed by atoms with van der Waals surface area (Å²) in [6, 6.07) is 8.98. The first-order valence-corrected chi connectivity index (χ1v) is 6.94. The lowest BCUT2D eigenvalue weighted by Crippen LogP contribution is -2.23. The van der Waals surface area contributed by atoms with Crippen LogP contribution in [-0.4, -0.2) is 23.5 Å². The van der Waals surface area contributed by atoms with E-state index in [1.165, 1.54) is 11.8 Å². The van der Waals surface area contributed by atoms with E-state index in [-0.39, 0.29) is 11.9 Å². The van der Waals surface area contributed by atoms with E-state index >= 15 is 0 Å². The van der Waals surface area contributed by atoms with Crippen LogP contribution in [0.15, 0.2) is 24.3 Å². The Hall–Kier alpha value is -1.51. The van der Waals surface area contributed by atoms with Gasteiger partial charge in [-0.15, -0.1) is 0 Å². The van der Waals surface area contributed by atoms with Crippen molar-refractivity contribution in [2.24, 2.45) is 5.73 Å². The Bertz CT molecular complexity index is 425. The first-order chi connectivity index (χ1) is 8.65. The van der Waals surface area contributed by atoms with Gasteiger partial charge in [-0.25, -0.2) is 0 Å². The zero-order chi connectivity index (χ0) is 13.4. The zero-order valence-corrected chi connectivity index (χ0v) is 11.2. The Balaban J connectivity index is 2.33. The third-order valence-electron chi connectivity index (χ3n) is 2.39. The largest absolute Gasteiger partial charge is 0.327 e. The number of nitrogens with zero attached hydrogens (tertiary/aromatic N) is 1. The van der Waals surface area contributed by atoms with E-state index < -0.39 is 0 Å². The van der Waals surface area contributed by atoms with Gasteiger partial charge < -0.3 is 11.1 Å². The first-order valence-electron chi connectivity index (χ1n) is 5.79. The lowest BCUT2D eigenvalue weighted by atomic mass is 10.2. The summed E-state index contributed by atoms with van der Waals surface area (Å²) in [6.45, 7) is 2.03. The van der Waals surface area contributed by atoms with Gasteiger partial charge in [-0.05, 0) is 30.7 Å². The van der Waals surface area contributed by atoms with Crippen LogP contribution >= 0.6 is 11.8 Å². The molecule has 1 unspecified atom stereocenters. The Kier molecular flexibility index (Phi) is 6.26. The number of amides is 1. The molecule has 1 rings (SSSR count). The minimum atomic E-state index is -0.0481. The van der Waals surface area contributed by atoms with Crippen molar-refractivity contribution in [2.45, 2.75) is 19.4 Å².